The van der Waals surface area contributed by atoms with Gasteiger partial charge in [0.05, 0.1) is 4.90 Å². The van der Waals surface area contributed by atoms with Crippen molar-refractivity contribution in [2.45, 2.75) is 31.3 Å². The number of esters is 1. The number of ether oxygens (including phenoxy) is 1. The van der Waals surface area contributed by atoms with Gasteiger partial charge in [0.2, 0.25) is 0 Å². The normalized spacial score (nSPS) is 12.6. The topological polar surface area (TPSA) is 116 Å². The van der Waals surface area contributed by atoms with Gasteiger partial charge in [-0.15, -0.1) is 0 Å². The van der Waals surface area contributed by atoms with E-state index in [2.05, 4.69) is 4.98 Å². The first kappa shape index (κ1) is 23.0. The molecule has 0 fully saturated rings. The molecule has 1 aromatic carbocycles. The third-order valence-electron chi connectivity index (χ3n) is 4.17. The molecule has 0 aliphatic rings. The molecule has 1 N–H and O–H groups in total. The predicted octanol–water partition coefficient (Wildman–Crippen LogP) is 3.73. The molecule has 166 valence electrons. The minimum atomic E-state index is -3.96. The van der Waals surface area contributed by atoms with E-state index < -0.39 is 27.6 Å². The first-order valence-corrected chi connectivity index (χ1v) is 11.0. The fourth-order valence-corrected chi connectivity index (χ4v) is 4.23. The second-order valence-electron chi connectivity index (χ2n) is 7.91. The largest absolute Gasteiger partial charge is 0.478 e. The number of hydrogen-bond acceptors (Lipinski definition) is 6. The van der Waals surface area contributed by atoms with Crippen LogP contribution in [0.5, 0.6) is 0 Å². The Morgan fingerprint density at radius 1 is 1.06 bits per heavy atom. The molecule has 3 rings (SSSR count). The number of rotatable bonds is 6. The molecule has 0 unspecified atom stereocenters. The monoisotopic (exact) mass is 454 g/mol. The highest BCUT2D eigenvalue weighted by Crippen LogP contribution is 2.23. The van der Waals surface area contributed by atoms with Crippen molar-refractivity contribution in [1.29, 1.82) is 0 Å². The number of fused-ring (bicyclic) bond motifs is 1. The molecule has 2 aromatic heterocycles. The van der Waals surface area contributed by atoms with Crippen LogP contribution in [0, 0.1) is 0 Å². The van der Waals surface area contributed by atoms with Crippen molar-refractivity contribution >= 4 is 45.1 Å². The van der Waals surface area contributed by atoms with E-state index in [0.717, 1.165) is 10.0 Å². The zero-order valence-electron chi connectivity index (χ0n) is 17.7. The highest BCUT2D eigenvalue weighted by atomic mass is 32.2. The van der Waals surface area contributed by atoms with Gasteiger partial charge in [-0.25, -0.2) is 27.0 Å². The molecular weight excluding hydrogens is 432 g/mol. The molecule has 0 saturated heterocycles. The van der Waals surface area contributed by atoms with E-state index >= 15 is 0 Å². The molecule has 0 aliphatic carbocycles. The van der Waals surface area contributed by atoms with E-state index in [0.29, 0.717) is 16.5 Å². The summed E-state index contributed by atoms with van der Waals surface area (Å²) in [4.78, 5) is 26.8. The number of aromatic nitrogens is 2. The van der Waals surface area contributed by atoms with Crippen LogP contribution in [-0.2, 0) is 24.3 Å². The lowest BCUT2D eigenvalue weighted by molar-refractivity contribution is -0.148. The summed E-state index contributed by atoms with van der Waals surface area (Å²) < 4.78 is 32.6. The summed E-state index contributed by atoms with van der Waals surface area (Å²) in [6.07, 6.45) is 7.94. The fraction of sp³-hybridized carbons (Fsp3) is 0.174. The van der Waals surface area contributed by atoms with Crippen LogP contribution in [0.2, 0.25) is 0 Å². The molecule has 2 heterocycles. The Balaban J connectivity index is 1.91. The molecule has 0 radical (unpaired) electrons. The third kappa shape index (κ3) is 5.50. The average Bonchev–Trinajstić information content (AvgIpc) is 3.14. The minimum Gasteiger partial charge on any atom is -0.478 e. The van der Waals surface area contributed by atoms with Gasteiger partial charge in [0.25, 0.3) is 10.0 Å². The van der Waals surface area contributed by atoms with E-state index in [9.17, 15) is 18.0 Å². The number of carboxylic acid groups (broad SMARTS) is 1. The van der Waals surface area contributed by atoms with Crippen LogP contribution < -0.4 is 0 Å². The first-order chi connectivity index (χ1) is 15.0. The number of pyridine rings is 1. The standard InChI is InChI=1S/C23H22N2O6S/c1-23(2,3)31-21(28)10-8-17-13-18-11-12-25(22(18)24-15-17)32(29,30)19-6-4-5-16(14-19)7-9-20(26)27/h4-15H,1-3H3,(H,26,27)/b9-7+,10-8+. The fourth-order valence-electron chi connectivity index (χ4n) is 2.86. The van der Waals surface area contributed by atoms with Crippen LogP contribution in [0.1, 0.15) is 31.9 Å². The third-order valence-corrected chi connectivity index (χ3v) is 5.83. The van der Waals surface area contributed by atoms with Crippen LogP contribution in [-0.4, -0.2) is 40.0 Å². The molecule has 0 aliphatic heterocycles. The summed E-state index contributed by atoms with van der Waals surface area (Å²) in [6.45, 7) is 5.31. The number of carboxylic acids is 1. The van der Waals surface area contributed by atoms with Gasteiger partial charge in [0.15, 0.2) is 5.65 Å². The van der Waals surface area contributed by atoms with Gasteiger partial charge in [-0.05, 0) is 68.3 Å². The predicted molar refractivity (Wildman–Crippen MR) is 120 cm³/mol. The van der Waals surface area contributed by atoms with Crippen molar-refractivity contribution in [1.82, 2.24) is 8.96 Å². The molecule has 9 heteroatoms. The zero-order valence-corrected chi connectivity index (χ0v) is 18.5. The summed E-state index contributed by atoms with van der Waals surface area (Å²) in [5.74, 6) is -1.62. The van der Waals surface area contributed by atoms with Gasteiger partial charge in [0, 0.05) is 29.9 Å². The maximum atomic E-state index is 13.1. The molecule has 0 bridgehead atoms. The summed E-state index contributed by atoms with van der Waals surface area (Å²) in [6, 6.07) is 9.27. The van der Waals surface area contributed by atoms with E-state index in [1.165, 1.54) is 42.7 Å². The number of aliphatic carboxylic acids is 1. The molecule has 3 aromatic rings. The van der Waals surface area contributed by atoms with Crippen LogP contribution in [0.15, 0.2) is 65.8 Å². The Bertz CT molecular complexity index is 1340. The van der Waals surface area contributed by atoms with Crippen molar-refractivity contribution in [2.24, 2.45) is 0 Å². The van der Waals surface area contributed by atoms with Gasteiger partial charge >= 0.3 is 11.9 Å². The summed E-state index contributed by atoms with van der Waals surface area (Å²) in [5, 5.41) is 9.34. The molecule has 0 spiro atoms. The van der Waals surface area contributed by atoms with Crippen LogP contribution in [0.25, 0.3) is 23.2 Å². The van der Waals surface area contributed by atoms with Crippen LogP contribution in [0.4, 0.5) is 0 Å². The summed E-state index contributed by atoms with van der Waals surface area (Å²) in [7, 11) is -3.96. The van der Waals surface area contributed by atoms with E-state index in [4.69, 9.17) is 9.84 Å². The number of carbonyl (C=O) groups excluding carboxylic acids is 1. The van der Waals surface area contributed by atoms with Gasteiger partial charge in [-0.3, -0.25) is 0 Å². The van der Waals surface area contributed by atoms with Crippen molar-refractivity contribution < 1.29 is 27.9 Å². The molecule has 0 amide bonds. The zero-order chi connectivity index (χ0) is 23.5. The Hall–Kier alpha value is -3.72. The SMILES string of the molecule is CC(C)(C)OC(=O)/C=C/c1cnc2c(ccn2S(=O)(=O)c2cccc(/C=C/C(=O)O)c2)c1. The first-order valence-electron chi connectivity index (χ1n) is 9.60. The van der Waals surface area contributed by atoms with Crippen LogP contribution in [0.3, 0.4) is 0 Å². The van der Waals surface area contributed by atoms with E-state index in [-0.39, 0.29) is 10.5 Å². The smallest absolute Gasteiger partial charge is 0.331 e. The maximum absolute atomic E-state index is 13.1. The van der Waals surface area contributed by atoms with Crippen LogP contribution >= 0.6 is 0 Å². The van der Waals surface area contributed by atoms with Crippen molar-refractivity contribution in [3.05, 3.63) is 72.1 Å². The highest BCUT2D eigenvalue weighted by molar-refractivity contribution is 7.90. The average molecular weight is 455 g/mol. The molecule has 8 nitrogen and oxygen atoms in total. The van der Waals surface area contributed by atoms with Crippen molar-refractivity contribution in [2.75, 3.05) is 0 Å². The molecule has 32 heavy (non-hydrogen) atoms. The quantitative estimate of drug-likeness (QED) is 0.446. The molecular formula is C23H22N2O6S. The lowest BCUT2D eigenvalue weighted by Gasteiger charge is -2.17. The van der Waals surface area contributed by atoms with Gasteiger partial charge < -0.3 is 9.84 Å². The van der Waals surface area contributed by atoms with Gasteiger partial charge in [-0.2, -0.15) is 0 Å². The lowest BCUT2D eigenvalue weighted by atomic mass is 10.2. The Morgan fingerprint density at radius 2 is 1.78 bits per heavy atom. The summed E-state index contributed by atoms with van der Waals surface area (Å²) in [5.41, 5.74) is 0.674. The van der Waals surface area contributed by atoms with Gasteiger partial charge in [0.1, 0.15) is 5.60 Å². The van der Waals surface area contributed by atoms with Crippen molar-refractivity contribution in [3.8, 4) is 0 Å². The second kappa shape index (κ2) is 8.80. The minimum absolute atomic E-state index is 0.00163. The Labute approximate surface area is 185 Å². The van der Waals surface area contributed by atoms with E-state index in [1.807, 2.05) is 0 Å². The highest BCUT2D eigenvalue weighted by Gasteiger charge is 2.20. The number of hydrogen-bond donors (Lipinski definition) is 1. The maximum Gasteiger partial charge on any atom is 0.331 e. The number of benzene rings is 1. The molecule has 0 atom stereocenters. The Kier molecular flexibility index (Phi) is 6.31. The number of carbonyl (C=O) groups is 2. The number of nitrogens with zero attached hydrogens (tertiary/aromatic N) is 2. The molecule has 0 saturated carbocycles. The second-order valence-corrected chi connectivity index (χ2v) is 9.72. The van der Waals surface area contributed by atoms with Crippen molar-refractivity contribution in [3.63, 3.8) is 0 Å². The summed E-state index contributed by atoms with van der Waals surface area (Å²) >= 11 is 0. The lowest BCUT2D eigenvalue weighted by Crippen LogP contribution is -2.22. The van der Waals surface area contributed by atoms with Gasteiger partial charge in [-0.1, -0.05) is 12.1 Å². The van der Waals surface area contributed by atoms with E-state index in [1.54, 1.807) is 45.0 Å². The Morgan fingerprint density at radius 3 is 2.47 bits per heavy atom.